The Morgan fingerprint density at radius 2 is 1.70 bits per heavy atom. The van der Waals surface area contributed by atoms with Crippen molar-refractivity contribution >= 4 is 39.4 Å². The lowest BCUT2D eigenvalue weighted by atomic mass is 10.00. The monoisotopic (exact) mass is 677 g/mol. The van der Waals surface area contributed by atoms with Crippen LogP contribution in [0.25, 0.3) is 11.1 Å². The fourth-order valence-corrected chi connectivity index (χ4v) is 5.02. The Labute approximate surface area is 267 Å². The SMILES string of the molecule is CCOC(=O)CN(C(Cc1cccc(/C(N)=N/O)c1)C(=O)Nc1ccc(-c2ccccc2C#N)cc1)S(C)(=O)=O.O=C(O)C(F)(F)F. The smallest absolute Gasteiger partial charge is 0.475 e. The van der Waals surface area contributed by atoms with Crippen molar-refractivity contribution in [3.63, 3.8) is 0 Å². The molecule has 0 aliphatic rings. The molecule has 13 nitrogen and oxygen atoms in total. The van der Waals surface area contributed by atoms with Gasteiger partial charge in [-0.3, -0.25) is 9.59 Å². The highest BCUT2D eigenvalue weighted by Crippen LogP contribution is 2.25. The molecule has 5 N–H and O–H groups in total. The number of carbonyl (C=O) groups is 3. The van der Waals surface area contributed by atoms with Crippen LogP contribution in [-0.4, -0.2) is 78.3 Å². The van der Waals surface area contributed by atoms with Gasteiger partial charge in [0.05, 0.1) is 24.5 Å². The summed E-state index contributed by atoms with van der Waals surface area (Å²) in [6.45, 7) is 0.954. The van der Waals surface area contributed by atoms with Crippen LogP contribution >= 0.6 is 0 Å². The number of nitrogens with zero attached hydrogens (tertiary/aromatic N) is 3. The van der Waals surface area contributed by atoms with Gasteiger partial charge in [0.15, 0.2) is 5.84 Å². The highest BCUT2D eigenvalue weighted by Gasteiger charge is 2.38. The van der Waals surface area contributed by atoms with E-state index in [9.17, 15) is 36.4 Å². The summed E-state index contributed by atoms with van der Waals surface area (Å²) < 4.78 is 63.0. The molecule has 0 bridgehead atoms. The molecule has 0 saturated heterocycles. The summed E-state index contributed by atoms with van der Waals surface area (Å²) in [5.74, 6) is -4.41. The minimum Gasteiger partial charge on any atom is -0.475 e. The van der Waals surface area contributed by atoms with E-state index in [4.69, 9.17) is 25.6 Å². The molecule has 1 amide bonds. The number of carbonyl (C=O) groups excluding carboxylic acids is 2. The Balaban J connectivity index is 0.000000984. The van der Waals surface area contributed by atoms with E-state index in [1.54, 1.807) is 67.6 Å². The molecule has 0 radical (unpaired) electrons. The molecule has 0 fully saturated rings. The Kier molecular flexibility index (Phi) is 13.4. The Bertz CT molecular complexity index is 1760. The van der Waals surface area contributed by atoms with Gasteiger partial charge >= 0.3 is 18.1 Å². The molecule has 17 heteroatoms. The zero-order chi connectivity index (χ0) is 35.4. The second-order valence-corrected chi connectivity index (χ2v) is 11.5. The number of nitrogens with one attached hydrogen (secondary N) is 1. The van der Waals surface area contributed by atoms with Gasteiger partial charge in [0, 0.05) is 11.3 Å². The van der Waals surface area contributed by atoms with Crippen molar-refractivity contribution < 1.29 is 51.0 Å². The van der Waals surface area contributed by atoms with E-state index >= 15 is 0 Å². The van der Waals surface area contributed by atoms with E-state index in [0.29, 0.717) is 22.4 Å². The second-order valence-electron chi connectivity index (χ2n) is 9.55. The number of aliphatic carboxylic acids is 1. The van der Waals surface area contributed by atoms with E-state index in [1.165, 1.54) is 0 Å². The number of carboxylic acid groups (broad SMARTS) is 1. The molecule has 3 rings (SSSR count). The first kappa shape index (κ1) is 37.7. The zero-order valence-electron chi connectivity index (χ0n) is 24.9. The molecule has 250 valence electrons. The van der Waals surface area contributed by atoms with Crippen LogP contribution < -0.4 is 11.1 Å². The average Bonchev–Trinajstić information content (AvgIpc) is 3.02. The largest absolute Gasteiger partial charge is 0.490 e. The van der Waals surface area contributed by atoms with E-state index in [-0.39, 0.29) is 18.9 Å². The highest BCUT2D eigenvalue weighted by atomic mass is 32.2. The fourth-order valence-electron chi connectivity index (χ4n) is 4.05. The number of hydrogen-bond acceptors (Lipinski definition) is 9. The first-order chi connectivity index (χ1) is 22.0. The van der Waals surface area contributed by atoms with E-state index in [0.717, 1.165) is 21.7 Å². The van der Waals surface area contributed by atoms with Crippen LogP contribution in [0.4, 0.5) is 18.9 Å². The standard InChI is InChI=1S/C28H29N5O6S.C2HF3O2/c1-3-39-26(34)18-33(40(2,37)38)25(16-19-7-6-9-21(15-19)27(30)32-36)28(35)31-23-13-11-20(12-14-23)24-10-5-4-8-22(24)17-29;3-2(4,5)1(6)7/h4-15,25,36H,3,16,18H2,1-2H3,(H2,30,32)(H,31,35);(H,6,7). The topological polar surface area (TPSA) is 212 Å². The number of hydrogen-bond donors (Lipinski definition) is 4. The van der Waals surface area contributed by atoms with Gasteiger partial charge in [-0.2, -0.15) is 22.7 Å². The van der Waals surface area contributed by atoms with Gasteiger partial charge < -0.3 is 26.1 Å². The number of amidine groups is 1. The number of amides is 1. The van der Waals surface area contributed by atoms with Crippen LogP contribution in [0.15, 0.2) is 78.0 Å². The number of benzene rings is 3. The van der Waals surface area contributed by atoms with Gasteiger partial charge in [-0.05, 0) is 54.3 Å². The maximum Gasteiger partial charge on any atom is 0.490 e. The number of anilines is 1. The van der Waals surface area contributed by atoms with Crippen LogP contribution in [0, 0.1) is 11.3 Å². The maximum absolute atomic E-state index is 13.6. The van der Waals surface area contributed by atoms with Gasteiger partial charge in [0.1, 0.15) is 12.6 Å². The van der Waals surface area contributed by atoms with Crippen molar-refractivity contribution in [1.29, 1.82) is 5.26 Å². The number of rotatable bonds is 11. The molecule has 3 aromatic carbocycles. The van der Waals surface area contributed by atoms with Gasteiger partial charge in [-0.25, -0.2) is 13.2 Å². The number of nitriles is 1. The van der Waals surface area contributed by atoms with Crippen molar-refractivity contribution in [3.05, 3.63) is 89.5 Å². The molecule has 3 aromatic rings. The number of halogens is 3. The van der Waals surface area contributed by atoms with Gasteiger partial charge in [0.25, 0.3) is 0 Å². The van der Waals surface area contributed by atoms with Crippen molar-refractivity contribution in [3.8, 4) is 17.2 Å². The third-order valence-corrected chi connectivity index (χ3v) is 7.42. The lowest BCUT2D eigenvalue weighted by Gasteiger charge is -2.28. The van der Waals surface area contributed by atoms with Crippen LogP contribution in [0.1, 0.15) is 23.6 Å². The number of sulfonamides is 1. The van der Waals surface area contributed by atoms with Crippen molar-refractivity contribution in [1.82, 2.24) is 4.31 Å². The van der Waals surface area contributed by atoms with Gasteiger partial charge in [-0.15, -0.1) is 0 Å². The van der Waals surface area contributed by atoms with Crippen molar-refractivity contribution in [2.75, 3.05) is 24.7 Å². The summed E-state index contributed by atoms with van der Waals surface area (Å²) in [5, 5.41) is 31.2. The lowest BCUT2D eigenvalue weighted by Crippen LogP contribution is -2.50. The number of ether oxygens (including phenoxy) is 1. The van der Waals surface area contributed by atoms with E-state index in [2.05, 4.69) is 16.5 Å². The van der Waals surface area contributed by atoms with E-state index in [1.807, 2.05) is 12.1 Å². The number of nitrogens with two attached hydrogens (primary N) is 1. The average molecular weight is 678 g/mol. The molecule has 0 heterocycles. The lowest BCUT2D eigenvalue weighted by molar-refractivity contribution is -0.192. The summed E-state index contributed by atoms with van der Waals surface area (Å²) >= 11 is 0. The second kappa shape index (κ2) is 16.7. The normalized spacial score (nSPS) is 12.2. The Morgan fingerprint density at radius 1 is 1.09 bits per heavy atom. The molecule has 0 aliphatic heterocycles. The fraction of sp³-hybridized carbons (Fsp3) is 0.233. The first-order valence-corrected chi connectivity index (χ1v) is 15.3. The van der Waals surface area contributed by atoms with Gasteiger partial charge in [0.2, 0.25) is 15.9 Å². The Hall–Kier alpha value is -5.47. The molecule has 0 aromatic heterocycles. The molecular weight excluding hydrogens is 647 g/mol. The van der Waals surface area contributed by atoms with Crippen molar-refractivity contribution in [2.45, 2.75) is 25.6 Å². The highest BCUT2D eigenvalue weighted by molar-refractivity contribution is 7.88. The number of esters is 1. The predicted octanol–water partition coefficient (Wildman–Crippen LogP) is 3.33. The summed E-state index contributed by atoms with van der Waals surface area (Å²) in [5.41, 5.74) is 8.92. The van der Waals surface area contributed by atoms with Crippen LogP contribution in [0.3, 0.4) is 0 Å². The zero-order valence-corrected chi connectivity index (χ0v) is 25.7. The predicted molar refractivity (Wildman–Crippen MR) is 164 cm³/mol. The molecule has 1 atom stereocenters. The third-order valence-electron chi connectivity index (χ3n) is 6.18. The molecule has 0 spiro atoms. The maximum atomic E-state index is 13.6. The minimum atomic E-state index is -5.08. The number of alkyl halides is 3. The van der Waals surface area contributed by atoms with Gasteiger partial charge in [-0.1, -0.05) is 53.7 Å². The molecule has 0 saturated carbocycles. The van der Waals surface area contributed by atoms with Crippen LogP contribution in [0.2, 0.25) is 0 Å². The first-order valence-electron chi connectivity index (χ1n) is 13.4. The van der Waals surface area contributed by atoms with E-state index < -0.39 is 46.6 Å². The minimum absolute atomic E-state index is 0.0381. The summed E-state index contributed by atoms with van der Waals surface area (Å²) in [7, 11) is -4.06. The molecule has 1 unspecified atom stereocenters. The molecule has 47 heavy (non-hydrogen) atoms. The quantitative estimate of drug-likeness (QED) is 0.0764. The molecule has 0 aliphatic carbocycles. The number of oxime groups is 1. The van der Waals surface area contributed by atoms with Crippen molar-refractivity contribution in [2.24, 2.45) is 10.9 Å². The summed E-state index contributed by atoms with van der Waals surface area (Å²) in [6, 6.07) is 21.0. The van der Waals surface area contributed by atoms with Crippen LogP contribution in [-0.2, 0) is 35.6 Å². The molecular formula is C30H30F3N5O8S. The van der Waals surface area contributed by atoms with Crippen LogP contribution in [0.5, 0.6) is 0 Å². The Morgan fingerprint density at radius 3 is 2.23 bits per heavy atom. The number of carboxylic acids is 1. The third kappa shape index (κ3) is 11.4. The summed E-state index contributed by atoms with van der Waals surface area (Å²) in [6.07, 6.45) is -4.31. The summed E-state index contributed by atoms with van der Waals surface area (Å²) in [4.78, 5) is 34.8.